The maximum Gasteiger partial charge on any atom is 0.263 e. The molecule has 176 valence electrons. The van der Waals surface area contributed by atoms with Crippen LogP contribution in [0, 0.1) is 6.92 Å². The lowest BCUT2D eigenvalue weighted by molar-refractivity contribution is -0.119. The van der Waals surface area contributed by atoms with Crippen LogP contribution < -0.4 is 10.9 Å². The maximum absolute atomic E-state index is 13.3. The minimum absolute atomic E-state index is 0.0194. The summed E-state index contributed by atoms with van der Waals surface area (Å²) in [5.74, 6) is 0.768. The van der Waals surface area contributed by atoms with Gasteiger partial charge >= 0.3 is 0 Å². The molecule has 0 aliphatic heterocycles. The van der Waals surface area contributed by atoms with Crippen molar-refractivity contribution in [1.29, 1.82) is 0 Å². The highest BCUT2D eigenvalue weighted by atomic mass is 32.2. The lowest BCUT2D eigenvalue weighted by Gasteiger charge is -2.16. The van der Waals surface area contributed by atoms with Crippen LogP contribution in [0.4, 0.5) is 0 Å². The second-order valence-corrected chi connectivity index (χ2v) is 10.00. The van der Waals surface area contributed by atoms with Gasteiger partial charge in [-0.15, -0.1) is 10.2 Å². The Kier molecular flexibility index (Phi) is 6.67. The van der Waals surface area contributed by atoms with Gasteiger partial charge in [-0.25, -0.2) is 0 Å². The van der Waals surface area contributed by atoms with Crippen molar-refractivity contribution in [3.05, 3.63) is 70.0 Å². The predicted octanol–water partition coefficient (Wildman–Crippen LogP) is 4.33. The molecule has 0 atom stereocenters. The molecule has 1 aliphatic carbocycles. The highest BCUT2D eigenvalue weighted by Crippen LogP contribution is 2.23. The van der Waals surface area contributed by atoms with Crippen LogP contribution in [0.3, 0.4) is 0 Å². The largest absolute Gasteiger partial charge is 0.353 e. The summed E-state index contributed by atoms with van der Waals surface area (Å²) in [6, 6.07) is 15.9. The summed E-state index contributed by atoms with van der Waals surface area (Å²) in [5, 5.41) is 13.2. The number of aromatic nitrogens is 4. The van der Waals surface area contributed by atoms with Gasteiger partial charge in [0.2, 0.25) is 11.7 Å². The average Bonchev–Trinajstić information content (AvgIpc) is 3.10. The van der Waals surface area contributed by atoms with Gasteiger partial charge in [0.25, 0.3) is 5.56 Å². The van der Waals surface area contributed by atoms with E-state index < -0.39 is 0 Å². The number of aryl methyl sites for hydroxylation is 1. The third-order valence-corrected chi connectivity index (χ3v) is 7.42. The normalized spacial score (nSPS) is 15.0. The Bertz CT molecular complexity index is 1370. The molecule has 34 heavy (non-hydrogen) atoms. The molecule has 0 saturated heterocycles. The van der Waals surface area contributed by atoms with E-state index in [2.05, 4.69) is 15.5 Å². The van der Waals surface area contributed by atoms with Gasteiger partial charge < -0.3 is 5.32 Å². The number of thioether (sulfide) groups is 1. The second kappa shape index (κ2) is 10.0. The van der Waals surface area contributed by atoms with Crippen LogP contribution in [0.2, 0.25) is 0 Å². The van der Waals surface area contributed by atoms with Crippen LogP contribution >= 0.6 is 11.8 Å². The molecule has 2 aromatic heterocycles. The van der Waals surface area contributed by atoms with E-state index in [1.165, 1.54) is 43.0 Å². The SMILES string of the molecule is Cc1ccc(Cn2c(=O)c3ccccc3n3c(SCC(=O)NC4CCCCCC4)nnc23)cc1. The fourth-order valence-corrected chi connectivity index (χ4v) is 5.42. The second-order valence-electron chi connectivity index (χ2n) is 9.06. The van der Waals surface area contributed by atoms with E-state index in [0.717, 1.165) is 23.9 Å². The first-order chi connectivity index (χ1) is 16.6. The van der Waals surface area contributed by atoms with E-state index >= 15 is 0 Å². The number of rotatable bonds is 6. The van der Waals surface area contributed by atoms with Gasteiger partial charge in [-0.3, -0.25) is 18.6 Å². The van der Waals surface area contributed by atoms with Crippen molar-refractivity contribution >= 4 is 34.3 Å². The zero-order valence-corrected chi connectivity index (χ0v) is 20.2. The van der Waals surface area contributed by atoms with Crippen molar-refractivity contribution < 1.29 is 4.79 Å². The van der Waals surface area contributed by atoms with Gasteiger partial charge in [0, 0.05) is 6.04 Å². The third-order valence-electron chi connectivity index (χ3n) is 6.49. The Morgan fingerprint density at radius 3 is 2.53 bits per heavy atom. The van der Waals surface area contributed by atoms with Crippen LogP contribution in [0.25, 0.3) is 16.7 Å². The van der Waals surface area contributed by atoms with Crippen molar-refractivity contribution in [1.82, 2.24) is 24.5 Å². The summed E-state index contributed by atoms with van der Waals surface area (Å²) < 4.78 is 3.56. The van der Waals surface area contributed by atoms with Crippen LogP contribution in [-0.2, 0) is 11.3 Å². The number of carbonyl (C=O) groups excluding carboxylic acids is 1. The Morgan fingerprint density at radius 2 is 1.76 bits per heavy atom. The summed E-state index contributed by atoms with van der Waals surface area (Å²) in [5.41, 5.74) is 2.84. The number of nitrogens with one attached hydrogen (secondary N) is 1. The average molecular weight is 476 g/mol. The molecule has 1 N–H and O–H groups in total. The number of para-hydroxylation sites is 1. The first-order valence-electron chi connectivity index (χ1n) is 11.9. The first-order valence-corrected chi connectivity index (χ1v) is 12.9. The predicted molar refractivity (Wildman–Crippen MR) is 135 cm³/mol. The highest BCUT2D eigenvalue weighted by Gasteiger charge is 2.19. The molecule has 7 nitrogen and oxygen atoms in total. The van der Waals surface area contributed by atoms with E-state index in [4.69, 9.17) is 0 Å². The zero-order valence-electron chi connectivity index (χ0n) is 19.4. The van der Waals surface area contributed by atoms with E-state index in [0.29, 0.717) is 22.9 Å². The number of fused-ring (bicyclic) bond motifs is 3. The van der Waals surface area contributed by atoms with Gasteiger partial charge in [-0.1, -0.05) is 79.4 Å². The Hall–Kier alpha value is -3.13. The molecule has 2 aromatic carbocycles. The quantitative estimate of drug-likeness (QED) is 0.332. The Morgan fingerprint density at radius 1 is 1.03 bits per heavy atom. The van der Waals surface area contributed by atoms with Gasteiger partial charge in [0.15, 0.2) is 5.16 Å². The molecular formula is C26H29N5O2S. The van der Waals surface area contributed by atoms with Crippen molar-refractivity contribution in [3.8, 4) is 0 Å². The molecule has 1 fully saturated rings. The molecule has 0 unspecified atom stereocenters. The summed E-state index contributed by atoms with van der Waals surface area (Å²) in [6.07, 6.45) is 6.98. The molecule has 1 amide bonds. The van der Waals surface area contributed by atoms with E-state index in [-0.39, 0.29) is 23.3 Å². The highest BCUT2D eigenvalue weighted by molar-refractivity contribution is 7.99. The van der Waals surface area contributed by atoms with Crippen molar-refractivity contribution in [2.45, 2.75) is 63.2 Å². The standard InChI is InChI=1S/C26H29N5O2S/c1-18-12-14-19(15-13-18)16-30-24(33)21-10-6-7-11-22(21)31-25(30)28-29-26(31)34-17-23(32)27-20-8-4-2-3-5-9-20/h6-7,10-15,20H,2-5,8-9,16-17H2,1H3,(H,27,32). The lowest BCUT2D eigenvalue weighted by Crippen LogP contribution is -2.35. The maximum atomic E-state index is 13.3. The molecule has 0 bridgehead atoms. The van der Waals surface area contributed by atoms with E-state index in [1.54, 1.807) is 4.57 Å². The number of benzene rings is 2. The number of hydrogen-bond donors (Lipinski definition) is 1. The molecule has 1 saturated carbocycles. The zero-order chi connectivity index (χ0) is 23.5. The Balaban J connectivity index is 1.45. The third kappa shape index (κ3) is 4.73. The smallest absolute Gasteiger partial charge is 0.263 e. The molecule has 8 heteroatoms. The monoisotopic (exact) mass is 475 g/mol. The first kappa shape index (κ1) is 22.7. The molecule has 2 heterocycles. The van der Waals surface area contributed by atoms with E-state index in [9.17, 15) is 9.59 Å². The van der Waals surface area contributed by atoms with Gasteiger partial charge in [-0.2, -0.15) is 0 Å². The molecule has 0 radical (unpaired) electrons. The summed E-state index contributed by atoms with van der Waals surface area (Å²) in [6.45, 7) is 2.44. The summed E-state index contributed by atoms with van der Waals surface area (Å²) in [7, 11) is 0. The topological polar surface area (TPSA) is 81.3 Å². The van der Waals surface area contributed by atoms with Crippen molar-refractivity contribution in [3.63, 3.8) is 0 Å². The number of hydrogen-bond acceptors (Lipinski definition) is 5. The molecule has 1 aliphatic rings. The molecule has 5 rings (SSSR count). The van der Waals surface area contributed by atoms with Gasteiger partial charge in [-0.05, 0) is 37.5 Å². The Labute approximate surface area is 202 Å². The van der Waals surface area contributed by atoms with Crippen LogP contribution in [-0.4, -0.2) is 36.9 Å². The summed E-state index contributed by atoms with van der Waals surface area (Å²) in [4.78, 5) is 26.0. The fraction of sp³-hybridized carbons (Fsp3) is 0.385. The summed E-state index contributed by atoms with van der Waals surface area (Å²) >= 11 is 1.36. The molecule has 0 spiro atoms. The number of carbonyl (C=O) groups is 1. The fourth-order valence-electron chi connectivity index (χ4n) is 4.67. The number of nitrogens with zero attached hydrogens (tertiary/aromatic N) is 4. The molecular weight excluding hydrogens is 446 g/mol. The molecule has 4 aromatic rings. The van der Waals surface area contributed by atoms with Crippen LogP contribution in [0.5, 0.6) is 0 Å². The van der Waals surface area contributed by atoms with Crippen molar-refractivity contribution in [2.75, 3.05) is 5.75 Å². The van der Waals surface area contributed by atoms with Crippen LogP contribution in [0.15, 0.2) is 58.5 Å². The minimum atomic E-state index is -0.0984. The van der Waals surface area contributed by atoms with Gasteiger partial charge in [0.1, 0.15) is 0 Å². The van der Waals surface area contributed by atoms with Crippen molar-refractivity contribution in [2.24, 2.45) is 0 Å². The van der Waals surface area contributed by atoms with E-state index in [1.807, 2.05) is 59.9 Å². The number of amides is 1. The lowest BCUT2D eigenvalue weighted by atomic mass is 10.1. The van der Waals surface area contributed by atoms with Gasteiger partial charge in [0.05, 0.1) is 23.2 Å². The minimum Gasteiger partial charge on any atom is -0.353 e. The van der Waals surface area contributed by atoms with Crippen LogP contribution in [0.1, 0.15) is 49.7 Å².